The predicted molar refractivity (Wildman–Crippen MR) is 77.8 cm³/mol. The van der Waals surface area contributed by atoms with E-state index in [4.69, 9.17) is 11.6 Å². The van der Waals surface area contributed by atoms with E-state index >= 15 is 0 Å². The van der Waals surface area contributed by atoms with Crippen LogP contribution in [0.3, 0.4) is 0 Å². The first-order valence-electron chi connectivity index (χ1n) is 6.82. The molecule has 6 heteroatoms. The van der Waals surface area contributed by atoms with Gasteiger partial charge in [-0.2, -0.15) is 0 Å². The first-order valence-corrected chi connectivity index (χ1v) is 7.20. The normalized spacial score (nSPS) is 21.1. The Bertz CT molecular complexity index is 493. The minimum absolute atomic E-state index is 0.0145. The molecule has 1 N–H and O–H groups in total. The fraction of sp³-hybridized carbons (Fsp3) is 0.571. The summed E-state index contributed by atoms with van der Waals surface area (Å²) in [6.45, 7) is 3.45. The lowest BCUT2D eigenvalue weighted by Gasteiger charge is -2.25. The molecule has 20 heavy (non-hydrogen) atoms. The first-order chi connectivity index (χ1) is 9.47. The van der Waals surface area contributed by atoms with E-state index in [1.807, 2.05) is 0 Å². The van der Waals surface area contributed by atoms with Gasteiger partial charge in [-0.3, -0.25) is 15.0 Å². The molecule has 1 aromatic rings. The van der Waals surface area contributed by atoms with E-state index in [1.165, 1.54) is 12.1 Å². The number of nitro benzene ring substituents is 1. The molecule has 1 fully saturated rings. The van der Waals surface area contributed by atoms with Crippen molar-refractivity contribution in [2.45, 2.75) is 44.9 Å². The fourth-order valence-electron chi connectivity index (χ4n) is 2.76. The molecule has 2 atom stereocenters. The maximum absolute atomic E-state index is 10.7. The third-order valence-electron chi connectivity index (χ3n) is 3.73. The topological polar surface area (TPSA) is 66.6 Å². The summed E-state index contributed by atoms with van der Waals surface area (Å²) in [6, 6.07) is 4.97. The molecule has 1 aromatic carbocycles. The van der Waals surface area contributed by atoms with Crippen molar-refractivity contribution in [1.82, 2.24) is 4.90 Å². The van der Waals surface area contributed by atoms with Gasteiger partial charge in [0, 0.05) is 24.7 Å². The van der Waals surface area contributed by atoms with Gasteiger partial charge in [0.1, 0.15) is 0 Å². The van der Waals surface area contributed by atoms with Gasteiger partial charge in [-0.05, 0) is 44.4 Å². The molecule has 0 spiro atoms. The minimum atomic E-state index is -0.443. The highest BCUT2D eigenvalue weighted by Gasteiger charge is 2.26. The van der Waals surface area contributed by atoms with Crippen LogP contribution in [0.4, 0.5) is 5.69 Å². The van der Waals surface area contributed by atoms with Crippen molar-refractivity contribution < 1.29 is 10.0 Å². The zero-order valence-corrected chi connectivity index (χ0v) is 12.2. The van der Waals surface area contributed by atoms with Crippen LogP contribution in [-0.4, -0.2) is 33.6 Å². The third kappa shape index (κ3) is 3.69. The number of aliphatic hydroxyl groups excluding tert-OH is 1. The molecule has 0 bridgehead atoms. The highest BCUT2D eigenvalue weighted by Crippen LogP contribution is 2.28. The number of non-ortho nitro benzene ring substituents is 1. The Morgan fingerprint density at radius 2 is 2.35 bits per heavy atom. The largest absolute Gasteiger partial charge is 0.393 e. The SMILES string of the molecule is CC(O)CC1CCCN1Cc1ccc([N+](=O)[O-])cc1Cl. The summed E-state index contributed by atoms with van der Waals surface area (Å²) in [5, 5.41) is 20.6. The highest BCUT2D eigenvalue weighted by molar-refractivity contribution is 6.31. The molecule has 110 valence electrons. The summed E-state index contributed by atoms with van der Waals surface area (Å²) >= 11 is 6.12. The molecule has 1 heterocycles. The number of benzene rings is 1. The molecular weight excluding hydrogens is 280 g/mol. The van der Waals surface area contributed by atoms with Crippen LogP contribution in [0.25, 0.3) is 0 Å². The fourth-order valence-corrected chi connectivity index (χ4v) is 3.00. The summed E-state index contributed by atoms with van der Waals surface area (Å²) in [4.78, 5) is 12.5. The Labute approximate surface area is 123 Å². The van der Waals surface area contributed by atoms with Crippen LogP contribution in [-0.2, 0) is 6.54 Å². The molecule has 2 unspecified atom stereocenters. The van der Waals surface area contributed by atoms with E-state index in [0.29, 0.717) is 17.6 Å². The van der Waals surface area contributed by atoms with Gasteiger partial charge in [0.25, 0.3) is 5.69 Å². The third-order valence-corrected chi connectivity index (χ3v) is 4.09. The molecule has 1 aliphatic heterocycles. The van der Waals surface area contributed by atoms with Crippen LogP contribution < -0.4 is 0 Å². The Balaban J connectivity index is 2.07. The van der Waals surface area contributed by atoms with Crippen molar-refractivity contribution in [3.63, 3.8) is 0 Å². The summed E-state index contributed by atoms with van der Waals surface area (Å²) in [5.41, 5.74) is 0.912. The van der Waals surface area contributed by atoms with Gasteiger partial charge in [-0.15, -0.1) is 0 Å². The van der Waals surface area contributed by atoms with Crippen LogP contribution in [0, 0.1) is 10.1 Å². The van der Waals surface area contributed by atoms with E-state index in [0.717, 1.165) is 31.4 Å². The number of nitrogens with zero attached hydrogens (tertiary/aromatic N) is 2. The standard InChI is InChI=1S/C14H19ClN2O3/c1-10(18)7-12-3-2-6-16(12)9-11-4-5-13(17(19)20)8-14(11)15/h4-5,8,10,12,18H,2-3,6-7,9H2,1H3. The summed E-state index contributed by atoms with van der Waals surface area (Å²) in [6.07, 6.45) is 2.63. The number of hydrogen-bond donors (Lipinski definition) is 1. The Hall–Kier alpha value is -1.17. The number of rotatable bonds is 5. The van der Waals surface area contributed by atoms with Gasteiger partial charge in [-0.25, -0.2) is 0 Å². The molecule has 0 radical (unpaired) electrons. The van der Waals surface area contributed by atoms with Crippen molar-refractivity contribution >= 4 is 17.3 Å². The molecule has 1 saturated heterocycles. The predicted octanol–water partition coefficient (Wildman–Crippen LogP) is 2.98. The van der Waals surface area contributed by atoms with E-state index in [-0.39, 0.29) is 11.8 Å². The molecular formula is C14H19ClN2O3. The van der Waals surface area contributed by atoms with Crippen molar-refractivity contribution in [3.8, 4) is 0 Å². The smallest absolute Gasteiger partial charge is 0.270 e. The average Bonchev–Trinajstić information content (AvgIpc) is 2.78. The van der Waals surface area contributed by atoms with Crippen LogP contribution in [0.15, 0.2) is 18.2 Å². The lowest BCUT2D eigenvalue weighted by Crippen LogP contribution is -2.31. The molecule has 0 aromatic heterocycles. The summed E-state index contributed by atoms with van der Waals surface area (Å²) in [5.74, 6) is 0. The Morgan fingerprint density at radius 1 is 1.60 bits per heavy atom. The van der Waals surface area contributed by atoms with Gasteiger partial charge >= 0.3 is 0 Å². The molecule has 0 amide bonds. The molecule has 1 aliphatic rings. The maximum atomic E-state index is 10.7. The number of halogens is 1. The van der Waals surface area contributed by atoms with Gasteiger partial charge in [-0.1, -0.05) is 11.6 Å². The lowest BCUT2D eigenvalue weighted by atomic mass is 10.1. The first kappa shape index (κ1) is 15.2. The number of hydrogen-bond acceptors (Lipinski definition) is 4. The van der Waals surface area contributed by atoms with Crippen molar-refractivity contribution in [1.29, 1.82) is 0 Å². The molecule has 2 rings (SSSR count). The second-order valence-electron chi connectivity index (χ2n) is 5.38. The highest BCUT2D eigenvalue weighted by atomic mass is 35.5. The van der Waals surface area contributed by atoms with Gasteiger partial charge < -0.3 is 5.11 Å². The van der Waals surface area contributed by atoms with E-state index < -0.39 is 4.92 Å². The van der Waals surface area contributed by atoms with Crippen LogP contribution >= 0.6 is 11.6 Å². The number of nitro groups is 1. The molecule has 0 aliphatic carbocycles. The van der Waals surface area contributed by atoms with Gasteiger partial charge in [0.2, 0.25) is 0 Å². The minimum Gasteiger partial charge on any atom is -0.393 e. The van der Waals surface area contributed by atoms with E-state index in [1.54, 1.807) is 13.0 Å². The van der Waals surface area contributed by atoms with Crippen LogP contribution in [0.5, 0.6) is 0 Å². The van der Waals surface area contributed by atoms with Crippen LogP contribution in [0.1, 0.15) is 31.7 Å². The Kier molecular flexibility index (Phi) is 4.96. The maximum Gasteiger partial charge on any atom is 0.270 e. The quantitative estimate of drug-likeness (QED) is 0.670. The zero-order valence-electron chi connectivity index (χ0n) is 11.5. The van der Waals surface area contributed by atoms with E-state index in [9.17, 15) is 15.2 Å². The monoisotopic (exact) mass is 298 g/mol. The zero-order chi connectivity index (χ0) is 14.7. The van der Waals surface area contributed by atoms with E-state index in [2.05, 4.69) is 4.90 Å². The second-order valence-corrected chi connectivity index (χ2v) is 5.79. The summed E-state index contributed by atoms with van der Waals surface area (Å²) < 4.78 is 0. The van der Waals surface area contributed by atoms with Crippen molar-refractivity contribution in [2.75, 3.05) is 6.54 Å². The summed E-state index contributed by atoms with van der Waals surface area (Å²) in [7, 11) is 0. The number of likely N-dealkylation sites (tertiary alicyclic amines) is 1. The lowest BCUT2D eigenvalue weighted by molar-refractivity contribution is -0.384. The second kappa shape index (κ2) is 6.52. The van der Waals surface area contributed by atoms with Gasteiger partial charge in [0.15, 0.2) is 0 Å². The van der Waals surface area contributed by atoms with Crippen molar-refractivity contribution in [3.05, 3.63) is 38.9 Å². The number of aliphatic hydroxyl groups is 1. The van der Waals surface area contributed by atoms with Crippen LogP contribution in [0.2, 0.25) is 5.02 Å². The molecule has 5 nitrogen and oxygen atoms in total. The van der Waals surface area contributed by atoms with Crippen molar-refractivity contribution in [2.24, 2.45) is 0 Å². The average molecular weight is 299 g/mol. The Morgan fingerprint density at radius 3 is 2.95 bits per heavy atom. The molecule has 0 saturated carbocycles. The van der Waals surface area contributed by atoms with Gasteiger partial charge in [0.05, 0.1) is 16.0 Å².